The molecule has 9 rings (SSSR count). The quantitative estimate of drug-likeness (QED) is 0.233. The Labute approximate surface area is 281 Å². The van der Waals surface area contributed by atoms with Crippen molar-refractivity contribution < 1.29 is 49.0 Å². The van der Waals surface area contributed by atoms with Crippen LogP contribution in [-0.2, 0) is 37.1 Å². The average Bonchev–Trinajstić information content (AvgIpc) is 3.74. The third kappa shape index (κ3) is 6.24. The topological polar surface area (TPSA) is 0 Å². The summed E-state index contributed by atoms with van der Waals surface area (Å²) in [5.74, 6) is 0. The van der Waals surface area contributed by atoms with Gasteiger partial charge in [-0.25, -0.2) is 0 Å². The van der Waals surface area contributed by atoms with Crippen molar-refractivity contribution in [2.24, 2.45) is 0 Å². The van der Waals surface area contributed by atoms with Crippen molar-refractivity contribution in [1.29, 1.82) is 0 Å². The van der Waals surface area contributed by atoms with Crippen molar-refractivity contribution in [2.75, 3.05) is 0 Å². The average molecular weight is 675 g/mol. The van der Waals surface area contributed by atoms with Crippen LogP contribution in [0.4, 0.5) is 0 Å². The molecule has 0 unspecified atom stereocenters. The Morgan fingerprint density at radius 3 is 1.33 bits per heavy atom. The molecule has 43 heavy (non-hydrogen) atoms. The molecule has 0 radical (unpaired) electrons. The van der Waals surface area contributed by atoms with Crippen molar-refractivity contribution in [1.82, 2.24) is 0 Å². The van der Waals surface area contributed by atoms with Gasteiger partial charge in [-0.3, -0.25) is 0 Å². The third-order valence-electron chi connectivity index (χ3n) is 8.66. The molecule has 0 amide bonds. The summed E-state index contributed by atoms with van der Waals surface area (Å²) in [5, 5.41) is 10.8. The molecule has 5 aliphatic carbocycles. The molecular formula is C40H32Cl2Zr-2. The number of rotatable bonds is 0. The van der Waals surface area contributed by atoms with E-state index in [1.165, 1.54) is 96.8 Å². The van der Waals surface area contributed by atoms with E-state index in [9.17, 15) is 0 Å². The fourth-order valence-electron chi connectivity index (χ4n) is 6.67. The standard InChI is InChI=1S/2C17H11.C6H10.2ClH.Zr/c2*1-3-8-14-12(6-1)13-7-2-4-9-15(13)17-11-5-10-16(14)17;1-2-4-6-5-3-1;;;/h2*1-8,10H,9H2;1-5H2;2*1H;/q2*-1;;;;+2/p-2. The molecule has 0 bridgehead atoms. The Morgan fingerprint density at radius 2 is 0.930 bits per heavy atom. The first-order chi connectivity index (χ1) is 20.3. The van der Waals surface area contributed by atoms with Gasteiger partial charge in [0, 0.05) is 0 Å². The molecule has 0 aliphatic heterocycles. The molecule has 0 N–H and O–H groups in total. The molecule has 0 aromatic heterocycles. The van der Waals surface area contributed by atoms with Crippen molar-refractivity contribution in [3.63, 3.8) is 0 Å². The van der Waals surface area contributed by atoms with Crippen LogP contribution in [0.1, 0.15) is 54.4 Å². The van der Waals surface area contributed by atoms with Crippen molar-refractivity contribution in [2.45, 2.75) is 44.9 Å². The summed E-state index contributed by atoms with van der Waals surface area (Å²) in [6, 6.07) is 17.3. The molecule has 212 valence electrons. The minimum atomic E-state index is 0. The predicted octanol–water partition coefficient (Wildman–Crippen LogP) is 0.146. The van der Waals surface area contributed by atoms with Gasteiger partial charge in [-0.05, 0) is 23.6 Å². The second kappa shape index (κ2) is 14.3. The fourth-order valence-corrected chi connectivity index (χ4v) is 7.54. The monoisotopic (exact) mass is 672 g/mol. The Hall–Kier alpha value is -2.83. The maximum absolute atomic E-state index is 3.39. The molecule has 0 heterocycles. The molecule has 4 aromatic carbocycles. The van der Waals surface area contributed by atoms with Gasteiger partial charge in [0.2, 0.25) is 0 Å². The van der Waals surface area contributed by atoms with Crippen molar-refractivity contribution >= 4 is 49.1 Å². The van der Waals surface area contributed by atoms with Gasteiger partial charge in [0.15, 0.2) is 0 Å². The van der Waals surface area contributed by atoms with Gasteiger partial charge in [-0.2, -0.15) is 24.3 Å². The zero-order chi connectivity index (χ0) is 27.6. The number of hydrogen-bond acceptors (Lipinski definition) is 0. The molecule has 0 atom stereocenters. The zero-order valence-electron chi connectivity index (χ0n) is 24.1. The van der Waals surface area contributed by atoms with Crippen LogP contribution in [0, 0.1) is 12.2 Å². The van der Waals surface area contributed by atoms with Crippen LogP contribution in [0.15, 0.2) is 85.0 Å². The van der Waals surface area contributed by atoms with E-state index in [1.54, 1.807) is 27.4 Å². The minimum absolute atomic E-state index is 0. The first-order valence-corrected chi connectivity index (χ1v) is 16.1. The van der Waals surface area contributed by atoms with E-state index in [1.807, 2.05) is 12.2 Å². The maximum atomic E-state index is 3.39. The van der Waals surface area contributed by atoms with Crippen LogP contribution >= 0.6 is 0 Å². The first kappa shape index (κ1) is 31.6. The van der Waals surface area contributed by atoms with E-state index in [-0.39, 0.29) is 24.8 Å². The SMILES string of the molecule is [C-]1=CC=c2c1c1c(c3ccccc23)=CC=CC1.[C-]1=CC=c2c1c1c(c3ccccc23)=CC=CC1.[Cl-].[Cl-].[Zr+2]=[C]1CCCCC1. The molecule has 0 saturated heterocycles. The summed E-state index contributed by atoms with van der Waals surface area (Å²) in [7, 11) is 0. The number of benzene rings is 4. The van der Waals surface area contributed by atoms with Crippen LogP contribution < -0.4 is 45.7 Å². The third-order valence-corrected chi connectivity index (χ3v) is 9.89. The van der Waals surface area contributed by atoms with Gasteiger partial charge in [-0.1, -0.05) is 106 Å². The van der Waals surface area contributed by atoms with Crippen LogP contribution in [0.2, 0.25) is 0 Å². The summed E-state index contributed by atoms with van der Waals surface area (Å²) >= 11 is 1.69. The number of halogens is 2. The van der Waals surface area contributed by atoms with Gasteiger partial charge >= 0.3 is 59.5 Å². The van der Waals surface area contributed by atoms with E-state index in [4.69, 9.17) is 0 Å². The normalized spacial score (nSPS) is 15.8. The van der Waals surface area contributed by atoms with E-state index in [0.717, 1.165) is 12.8 Å². The summed E-state index contributed by atoms with van der Waals surface area (Å²) < 4.78 is 1.80. The Kier molecular flexibility index (Phi) is 10.5. The second-order valence-corrected chi connectivity index (χ2v) is 12.9. The molecule has 5 aliphatic rings. The molecule has 0 spiro atoms. The summed E-state index contributed by atoms with van der Waals surface area (Å²) in [6.07, 6.45) is 37.8. The van der Waals surface area contributed by atoms with Crippen LogP contribution in [0.3, 0.4) is 0 Å². The number of fused-ring (bicyclic) bond motifs is 12. The van der Waals surface area contributed by atoms with E-state index in [2.05, 4.69) is 109 Å². The molecule has 1 fully saturated rings. The Bertz CT molecular complexity index is 1940. The van der Waals surface area contributed by atoms with Gasteiger partial charge in [-0.15, -0.1) is 44.8 Å². The zero-order valence-corrected chi connectivity index (χ0v) is 28.1. The number of allylic oxidation sites excluding steroid dienone is 6. The van der Waals surface area contributed by atoms with E-state index in [0.29, 0.717) is 0 Å². The summed E-state index contributed by atoms with van der Waals surface area (Å²) in [4.78, 5) is 0. The van der Waals surface area contributed by atoms with Crippen LogP contribution in [-0.4, -0.2) is 3.21 Å². The van der Waals surface area contributed by atoms with Crippen molar-refractivity contribution in [3.05, 3.63) is 140 Å². The fraction of sp³-hybridized carbons (Fsp3) is 0.175. The van der Waals surface area contributed by atoms with Crippen LogP contribution in [0.5, 0.6) is 0 Å². The summed E-state index contributed by atoms with van der Waals surface area (Å²) in [6.45, 7) is 0. The summed E-state index contributed by atoms with van der Waals surface area (Å²) in [5.41, 5.74) is 5.43. The molecular weight excluding hydrogens is 643 g/mol. The Balaban J connectivity index is 0.000000136. The molecule has 0 nitrogen and oxygen atoms in total. The van der Waals surface area contributed by atoms with Crippen molar-refractivity contribution in [3.8, 4) is 0 Å². The Morgan fingerprint density at radius 1 is 0.512 bits per heavy atom. The number of hydrogen-bond donors (Lipinski definition) is 0. The van der Waals surface area contributed by atoms with Gasteiger partial charge in [0.05, 0.1) is 0 Å². The molecule has 1 saturated carbocycles. The van der Waals surface area contributed by atoms with E-state index >= 15 is 0 Å². The van der Waals surface area contributed by atoms with Crippen LogP contribution in [0.25, 0.3) is 45.8 Å². The molecule has 4 aromatic rings. The second-order valence-electron chi connectivity index (χ2n) is 11.2. The van der Waals surface area contributed by atoms with Gasteiger partial charge in [0.1, 0.15) is 0 Å². The van der Waals surface area contributed by atoms with Gasteiger partial charge < -0.3 is 24.8 Å². The first-order valence-electron chi connectivity index (χ1n) is 14.9. The van der Waals surface area contributed by atoms with Gasteiger partial charge in [0.25, 0.3) is 0 Å². The predicted molar refractivity (Wildman–Crippen MR) is 172 cm³/mol. The van der Waals surface area contributed by atoms with E-state index < -0.39 is 0 Å². The molecule has 3 heteroatoms.